The maximum Gasteiger partial charge on any atom is 0.251 e. The number of hydrogen-bond acceptors (Lipinski definition) is 4. The first-order chi connectivity index (χ1) is 11.8. The van der Waals surface area contributed by atoms with Gasteiger partial charge in [-0.25, -0.2) is 0 Å². The average molecular weight is 359 g/mol. The maximum atomic E-state index is 12.4. The van der Waals surface area contributed by atoms with Crippen LogP contribution in [-0.4, -0.2) is 16.4 Å². The topological polar surface area (TPSA) is 94.2 Å². The van der Waals surface area contributed by atoms with E-state index in [-0.39, 0.29) is 18.0 Å². The standard InChI is InChI=1S/C18H21N3O3S/c1-10-3-4-12-13(7-10)25-18(16(12)17(19)24)20-14(22)9-21-6-5-11(2)8-15(21)23/h5-6,8,10H,3-4,7,9H2,1-2H3,(H2,19,24)(H,20,22). The minimum absolute atomic E-state index is 0.101. The van der Waals surface area contributed by atoms with E-state index in [4.69, 9.17) is 5.73 Å². The molecule has 1 atom stereocenters. The Balaban J connectivity index is 1.83. The van der Waals surface area contributed by atoms with Gasteiger partial charge in [-0.1, -0.05) is 6.92 Å². The van der Waals surface area contributed by atoms with E-state index in [1.807, 2.05) is 6.92 Å². The Labute approximate surface area is 149 Å². The quantitative estimate of drug-likeness (QED) is 0.875. The van der Waals surface area contributed by atoms with E-state index < -0.39 is 5.91 Å². The Morgan fingerprint density at radius 2 is 2.20 bits per heavy atom. The number of carbonyl (C=O) groups excluding carboxylic acids is 2. The van der Waals surface area contributed by atoms with E-state index in [1.165, 1.54) is 22.0 Å². The summed E-state index contributed by atoms with van der Waals surface area (Å²) in [5, 5.41) is 3.27. The van der Waals surface area contributed by atoms with Crippen LogP contribution >= 0.6 is 11.3 Å². The SMILES string of the molecule is Cc1ccn(CC(=O)Nc2sc3c(c2C(N)=O)CCC(C)C3)c(=O)c1. The Morgan fingerprint density at radius 3 is 2.88 bits per heavy atom. The molecule has 7 heteroatoms. The molecule has 2 aromatic heterocycles. The number of fused-ring (bicyclic) bond motifs is 1. The van der Waals surface area contributed by atoms with Crippen LogP contribution in [0.1, 0.15) is 39.7 Å². The summed E-state index contributed by atoms with van der Waals surface area (Å²) in [6.45, 7) is 3.90. The zero-order valence-corrected chi connectivity index (χ0v) is 15.1. The lowest BCUT2D eigenvalue weighted by atomic mass is 9.88. The summed E-state index contributed by atoms with van der Waals surface area (Å²) in [7, 11) is 0. The summed E-state index contributed by atoms with van der Waals surface area (Å²) in [5.41, 5.74) is 7.56. The van der Waals surface area contributed by atoms with Gasteiger partial charge in [0, 0.05) is 17.1 Å². The third-order valence-corrected chi connectivity index (χ3v) is 5.65. The number of primary amides is 1. The van der Waals surface area contributed by atoms with Gasteiger partial charge < -0.3 is 15.6 Å². The van der Waals surface area contributed by atoms with E-state index in [9.17, 15) is 14.4 Å². The third-order valence-electron chi connectivity index (χ3n) is 4.48. The number of hydrogen-bond donors (Lipinski definition) is 2. The monoisotopic (exact) mass is 359 g/mol. The summed E-state index contributed by atoms with van der Waals surface area (Å²) in [4.78, 5) is 37.3. The highest BCUT2D eigenvalue weighted by atomic mass is 32.1. The molecule has 2 heterocycles. The number of rotatable bonds is 4. The van der Waals surface area contributed by atoms with Crippen molar-refractivity contribution >= 4 is 28.2 Å². The molecule has 25 heavy (non-hydrogen) atoms. The molecule has 0 radical (unpaired) electrons. The van der Waals surface area contributed by atoms with Gasteiger partial charge in [0.15, 0.2) is 0 Å². The normalized spacial score (nSPS) is 16.3. The molecule has 0 fully saturated rings. The predicted octanol–water partition coefficient (Wildman–Crippen LogP) is 2.08. The molecule has 6 nitrogen and oxygen atoms in total. The number of aromatic nitrogens is 1. The first-order valence-corrected chi connectivity index (χ1v) is 9.08. The van der Waals surface area contributed by atoms with Crippen LogP contribution in [0.15, 0.2) is 23.1 Å². The van der Waals surface area contributed by atoms with E-state index in [0.717, 1.165) is 35.3 Å². The lowest BCUT2D eigenvalue weighted by Crippen LogP contribution is -2.27. The van der Waals surface area contributed by atoms with Crippen LogP contribution in [-0.2, 0) is 24.2 Å². The van der Waals surface area contributed by atoms with Gasteiger partial charge in [0.1, 0.15) is 11.5 Å². The van der Waals surface area contributed by atoms with Gasteiger partial charge >= 0.3 is 0 Å². The molecular formula is C18H21N3O3S. The summed E-state index contributed by atoms with van der Waals surface area (Å²) in [6.07, 6.45) is 4.30. The van der Waals surface area contributed by atoms with Crippen molar-refractivity contribution in [3.05, 3.63) is 50.3 Å². The van der Waals surface area contributed by atoms with Gasteiger partial charge in [-0.3, -0.25) is 14.4 Å². The molecule has 3 rings (SSSR count). The van der Waals surface area contributed by atoms with Crippen LogP contribution in [0.4, 0.5) is 5.00 Å². The molecule has 1 aliphatic carbocycles. The van der Waals surface area contributed by atoms with E-state index >= 15 is 0 Å². The molecule has 3 N–H and O–H groups in total. The van der Waals surface area contributed by atoms with Crippen LogP contribution in [0.5, 0.6) is 0 Å². The largest absolute Gasteiger partial charge is 0.365 e. The first kappa shape index (κ1) is 17.4. The van der Waals surface area contributed by atoms with Gasteiger partial charge in [-0.15, -0.1) is 11.3 Å². The Morgan fingerprint density at radius 1 is 1.44 bits per heavy atom. The molecular weight excluding hydrogens is 338 g/mol. The fraction of sp³-hybridized carbons (Fsp3) is 0.389. The number of anilines is 1. The number of pyridine rings is 1. The highest BCUT2D eigenvalue weighted by Gasteiger charge is 2.27. The lowest BCUT2D eigenvalue weighted by Gasteiger charge is -2.18. The molecule has 2 amide bonds. The molecule has 0 bridgehead atoms. The fourth-order valence-electron chi connectivity index (χ4n) is 3.16. The number of nitrogens with zero attached hydrogens (tertiary/aromatic N) is 1. The number of nitrogens with one attached hydrogen (secondary N) is 1. The van der Waals surface area contributed by atoms with Crippen LogP contribution < -0.4 is 16.6 Å². The molecule has 0 saturated carbocycles. The van der Waals surface area contributed by atoms with E-state index in [1.54, 1.807) is 12.3 Å². The van der Waals surface area contributed by atoms with Crippen LogP contribution in [0.25, 0.3) is 0 Å². The number of nitrogens with two attached hydrogens (primary N) is 1. The zero-order chi connectivity index (χ0) is 18.1. The van der Waals surface area contributed by atoms with Gasteiger partial charge in [0.2, 0.25) is 5.91 Å². The molecule has 0 aliphatic heterocycles. The summed E-state index contributed by atoms with van der Waals surface area (Å²) in [6, 6.07) is 3.25. The summed E-state index contributed by atoms with van der Waals surface area (Å²) in [5.74, 6) is -0.309. The molecule has 0 spiro atoms. The average Bonchev–Trinajstić information content (AvgIpc) is 2.86. The molecule has 132 valence electrons. The molecule has 0 aromatic carbocycles. The van der Waals surface area contributed by atoms with Gasteiger partial charge in [0.25, 0.3) is 11.5 Å². The highest BCUT2D eigenvalue weighted by Crippen LogP contribution is 2.39. The summed E-state index contributed by atoms with van der Waals surface area (Å²) >= 11 is 1.42. The van der Waals surface area contributed by atoms with E-state index in [0.29, 0.717) is 16.5 Å². The number of carbonyl (C=O) groups is 2. The lowest BCUT2D eigenvalue weighted by molar-refractivity contribution is -0.116. The molecule has 1 unspecified atom stereocenters. The second-order valence-corrected chi connectivity index (χ2v) is 7.74. The maximum absolute atomic E-state index is 12.4. The Bertz CT molecular complexity index is 897. The molecule has 1 aliphatic rings. The number of amides is 2. The third kappa shape index (κ3) is 3.66. The van der Waals surface area contributed by atoms with Crippen molar-refractivity contribution in [3.63, 3.8) is 0 Å². The first-order valence-electron chi connectivity index (χ1n) is 8.26. The van der Waals surface area contributed by atoms with Crippen molar-refractivity contribution in [3.8, 4) is 0 Å². The summed E-state index contributed by atoms with van der Waals surface area (Å²) < 4.78 is 1.34. The van der Waals surface area contributed by atoms with Crippen LogP contribution in [0.3, 0.4) is 0 Å². The van der Waals surface area contributed by atoms with Crippen molar-refractivity contribution in [2.45, 2.75) is 39.7 Å². The smallest absolute Gasteiger partial charge is 0.251 e. The second-order valence-electron chi connectivity index (χ2n) is 6.64. The van der Waals surface area contributed by atoms with Crippen molar-refractivity contribution in [1.29, 1.82) is 0 Å². The number of aryl methyl sites for hydroxylation is 1. The van der Waals surface area contributed by atoms with Gasteiger partial charge in [0.05, 0.1) is 5.56 Å². The molecule has 2 aromatic rings. The van der Waals surface area contributed by atoms with Crippen molar-refractivity contribution in [2.24, 2.45) is 11.7 Å². The minimum atomic E-state index is -0.519. The predicted molar refractivity (Wildman–Crippen MR) is 98.1 cm³/mol. The van der Waals surface area contributed by atoms with Crippen molar-refractivity contribution in [2.75, 3.05) is 5.32 Å². The highest BCUT2D eigenvalue weighted by molar-refractivity contribution is 7.17. The Kier molecular flexibility index (Phi) is 4.76. The minimum Gasteiger partial charge on any atom is -0.365 e. The van der Waals surface area contributed by atoms with Crippen LogP contribution in [0, 0.1) is 12.8 Å². The fourth-order valence-corrected chi connectivity index (χ4v) is 4.59. The van der Waals surface area contributed by atoms with Crippen LogP contribution in [0.2, 0.25) is 0 Å². The zero-order valence-electron chi connectivity index (χ0n) is 14.3. The van der Waals surface area contributed by atoms with E-state index in [2.05, 4.69) is 12.2 Å². The van der Waals surface area contributed by atoms with Crippen molar-refractivity contribution < 1.29 is 9.59 Å². The number of thiophene rings is 1. The van der Waals surface area contributed by atoms with Gasteiger partial charge in [-0.2, -0.15) is 0 Å². The Hall–Kier alpha value is -2.41. The van der Waals surface area contributed by atoms with Gasteiger partial charge in [-0.05, 0) is 49.3 Å². The molecule has 0 saturated heterocycles. The second kappa shape index (κ2) is 6.84. The van der Waals surface area contributed by atoms with Crippen molar-refractivity contribution in [1.82, 2.24) is 4.57 Å².